The number of rotatable bonds is 2. The van der Waals surface area contributed by atoms with E-state index in [1.54, 1.807) is 0 Å². The second-order valence-electron chi connectivity index (χ2n) is 7.24. The van der Waals surface area contributed by atoms with Crippen LogP contribution in [0.1, 0.15) is 46.5 Å². The lowest BCUT2D eigenvalue weighted by Gasteiger charge is -2.60. The average molecular weight is 256 g/mol. The van der Waals surface area contributed by atoms with Crippen LogP contribution in [0.4, 0.5) is 0 Å². The molecule has 0 radical (unpaired) electrons. The Kier molecular flexibility index (Phi) is 3.79. The molecule has 2 saturated carbocycles. The Bertz CT molecular complexity index is 302. The zero-order chi connectivity index (χ0) is 13.6. The van der Waals surface area contributed by atoms with Gasteiger partial charge in [0.05, 0.1) is 6.10 Å². The summed E-state index contributed by atoms with van der Waals surface area (Å²) in [5, 5.41) is 29.5. The minimum atomic E-state index is -0.236. The molecule has 3 heteroatoms. The lowest BCUT2D eigenvalue weighted by molar-refractivity contribution is -0.162. The van der Waals surface area contributed by atoms with Crippen molar-refractivity contribution in [2.24, 2.45) is 28.6 Å². The van der Waals surface area contributed by atoms with Crippen LogP contribution in [0.3, 0.4) is 0 Å². The van der Waals surface area contributed by atoms with Gasteiger partial charge in [0.1, 0.15) is 0 Å². The molecule has 0 aliphatic heterocycles. The van der Waals surface area contributed by atoms with Gasteiger partial charge in [0.2, 0.25) is 0 Å². The fourth-order valence-corrected chi connectivity index (χ4v) is 4.92. The van der Waals surface area contributed by atoms with Gasteiger partial charge in [-0.15, -0.1) is 0 Å². The standard InChI is InChI=1S/C15H28O3/c1-14(2)12-5-4-10(8-16)11(9-17)15(12,3)7-6-13(14)18/h10-13,16-18H,4-9H2,1-3H3/t10-,11+,12+,13+,15-/m1/s1. The van der Waals surface area contributed by atoms with Crippen LogP contribution in [0.2, 0.25) is 0 Å². The summed E-state index contributed by atoms with van der Waals surface area (Å²) in [6.45, 7) is 6.91. The monoisotopic (exact) mass is 256 g/mol. The molecule has 3 N–H and O–H groups in total. The smallest absolute Gasteiger partial charge is 0.0594 e. The zero-order valence-electron chi connectivity index (χ0n) is 11.9. The second kappa shape index (κ2) is 4.77. The summed E-state index contributed by atoms with van der Waals surface area (Å²) in [6, 6.07) is 0. The van der Waals surface area contributed by atoms with E-state index in [9.17, 15) is 15.3 Å². The third-order valence-electron chi connectivity index (χ3n) is 6.18. The van der Waals surface area contributed by atoms with E-state index in [1.165, 1.54) is 0 Å². The first-order valence-corrected chi connectivity index (χ1v) is 7.27. The van der Waals surface area contributed by atoms with E-state index in [-0.39, 0.29) is 42.0 Å². The Morgan fingerprint density at radius 2 is 1.67 bits per heavy atom. The van der Waals surface area contributed by atoms with Gasteiger partial charge in [-0.3, -0.25) is 0 Å². The van der Waals surface area contributed by atoms with Crippen molar-refractivity contribution in [3.05, 3.63) is 0 Å². The van der Waals surface area contributed by atoms with Gasteiger partial charge in [0.15, 0.2) is 0 Å². The normalized spacial score (nSPS) is 47.7. The summed E-state index contributed by atoms with van der Waals surface area (Å²) in [5.41, 5.74) is -0.0238. The molecular formula is C15H28O3. The Labute approximate surface area is 110 Å². The summed E-state index contributed by atoms with van der Waals surface area (Å²) in [5.74, 6) is 0.837. The minimum Gasteiger partial charge on any atom is -0.396 e. The van der Waals surface area contributed by atoms with Gasteiger partial charge in [0, 0.05) is 13.2 Å². The SMILES string of the molecule is CC1(C)[C@@H](O)CC[C@]2(C)[C@@H](CO)[C@@H](CO)CC[C@@H]12. The van der Waals surface area contributed by atoms with Crippen LogP contribution in [0.25, 0.3) is 0 Å². The van der Waals surface area contributed by atoms with Crippen LogP contribution in [0.5, 0.6) is 0 Å². The van der Waals surface area contributed by atoms with Gasteiger partial charge in [-0.25, -0.2) is 0 Å². The van der Waals surface area contributed by atoms with Gasteiger partial charge >= 0.3 is 0 Å². The van der Waals surface area contributed by atoms with Crippen LogP contribution in [0.15, 0.2) is 0 Å². The topological polar surface area (TPSA) is 60.7 Å². The molecule has 5 atom stereocenters. The van der Waals surface area contributed by atoms with E-state index >= 15 is 0 Å². The van der Waals surface area contributed by atoms with E-state index < -0.39 is 0 Å². The predicted octanol–water partition coefficient (Wildman–Crippen LogP) is 1.80. The second-order valence-corrected chi connectivity index (χ2v) is 7.24. The summed E-state index contributed by atoms with van der Waals surface area (Å²) in [4.78, 5) is 0. The van der Waals surface area contributed by atoms with Gasteiger partial charge in [-0.05, 0) is 54.3 Å². The quantitative estimate of drug-likeness (QED) is 0.706. The molecule has 106 valence electrons. The molecule has 0 saturated heterocycles. The highest BCUT2D eigenvalue weighted by molar-refractivity contribution is 5.05. The largest absolute Gasteiger partial charge is 0.396 e. The first-order valence-electron chi connectivity index (χ1n) is 7.27. The molecule has 18 heavy (non-hydrogen) atoms. The van der Waals surface area contributed by atoms with Crippen molar-refractivity contribution < 1.29 is 15.3 Å². The maximum absolute atomic E-state index is 10.3. The third-order valence-corrected chi connectivity index (χ3v) is 6.18. The van der Waals surface area contributed by atoms with Crippen LogP contribution in [0, 0.1) is 28.6 Å². The number of aliphatic hydroxyl groups is 3. The molecule has 2 aliphatic rings. The Hall–Kier alpha value is -0.120. The Balaban J connectivity index is 2.33. The van der Waals surface area contributed by atoms with Gasteiger partial charge in [-0.1, -0.05) is 20.8 Å². The maximum atomic E-state index is 10.3. The van der Waals surface area contributed by atoms with Crippen molar-refractivity contribution in [2.75, 3.05) is 13.2 Å². The molecule has 0 aromatic rings. The van der Waals surface area contributed by atoms with Gasteiger partial charge < -0.3 is 15.3 Å². The van der Waals surface area contributed by atoms with Crippen LogP contribution >= 0.6 is 0 Å². The molecule has 2 rings (SSSR count). The summed E-state index contributed by atoms with van der Waals surface area (Å²) in [6.07, 6.45) is 3.57. The molecule has 2 aliphatic carbocycles. The van der Waals surface area contributed by atoms with E-state index in [4.69, 9.17) is 0 Å². The fraction of sp³-hybridized carbons (Fsp3) is 1.00. The summed E-state index contributed by atoms with van der Waals surface area (Å²) in [7, 11) is 0. The van der Waals surface area contributed by atoms with Crippen molar-refractivity contribution in [1.29, 1.82) is 0 Å². The van der Waals surface area contributed by atoms with Gasteiger partial charge in [-0.2, -0.15) is 0 Å². The predicted molar refractivity (Wildman–Crippen MR) is 71.0 cm³/mol. The van der Waals surface area contributed by atoms with Crippen molar-refractivity contribution in [3.63, 3.8) is 0 Å². The third kappa shape index (κ3) is 1.91. The zero-order valence-corrected chi connectivity index (χ0v) is 11.9. The minimum absolute atomic E-state index is 0.0587. The highest BCUT2D eigenvalue weighted by Crippen LogP contribution is 2.60. The molecule has 0 bridgehead atoms. The van der Waals surface area contributed by atoms with E-state index in [2.05, 4.69) is 20.8 Å². The van der Waals surface area contributed by atoms with E-state index in [0.717, 1.165) is 25.7 Å². The number of aliphatic hydroxyl groups excluding tert-OH is 3. The maximum Gasteiger partial charge on any atom is 0.0594 e. The van der Waals surface area contributed by atoms with Gasteiger partial charge in [0.25, 0.3) is 0 Å². The van der Waals surface area contributed by atoms with Crippen LogP contribution < -0.4 is 0 Å². The molecule has 0 amide bonds. The van der Waals surface area contributed by atoms with Crippen molar-refractivity contribution in [1.82, 2.24) is 0 Å². The van der Waals surface area contributed by atoms with Crippen LogP contribution in [-0.2, 0) is 0 Å². The van der Waals surface area contributed by atoms with E-state index in [1.807, 2.05) is 0 Å². The fourth-order valence-electron chi connectivity index (χ4n) is 4.92. The van der Waals surface area contributed by atoms with E-state index in [0.29, 0.717) is 5.92 Å². The molecule has 2 fully saturated rings. The van der Waals surface area contributed by atoms with Crippen molar-refractivity contribution in [2.45, 2.75) is 52.6 Å². The number of hydrogen-bond acceptors (Lipinski definition) is 3. The first-order chi connectivity index (χ1) is 8.37. The molecule has 0 heterocycles. The van der Waals surface area contributed by atoms with Crippen molar-refractivity contribution >= 4 is 0 Å². The summed E-state index contributed by atoms with van der Waals surface area (Å²) < 4.78 is 0. The average Bonchev–Trinajstić information content (AvgIpc) is 2.33. The Morgan fingerprint density at radius 3 is 2.22 bits per heavy atom. The van der Waals surface area contributed by atoms with Crippen molar-refractivity contribution in [3.8, 4) is 0 Å². The molecule has 0 aromatic heterocycles. The molecule has 0 unspecified atom stereocenters. The highest BCUT2D eigenvalue weighted by Gasteiger charge is 2.56. The number of hydrogen-bond donors (Lipinski definition) is 3. The lowest BCUT2D eigenvalue weighted by atomic mass is 9.46. The molecular weight excluding hydrogens is 228 g/mol. The lowest BCUT2D eigenvalue weighted by Crippen LogP contribution is -2.57. The highest BCUT2D eigenvalue weighted by atomic mass is 16.3. The summed E-state index contributed by atoms with van der Waals surface area (Å²) >= 11 is 0. The first kappa shape index (κ1) is 14.3. The molecule has 0 aromatic carbocycles. The van der Waals surface area contributed by atoms with Crippen LogP contribution in [-0.4, -0.2) is 34.6 Å². The Morgan fingerprint density at radius 1 is 1.00 bits per heavy atom. The number of fused-ring (bicyclic) bond motifs is 1. The molecule has 0 spiro atoms. The molecule has 3 nitrogen and oxygen atoms in total.